The fourth-order valence-corrected chi connectivity index (χ4v) is 1.72. The Labute approximate surface area is 122 Å². The van der Waals surface area contributed by atoms with Gasteiger partial charge >= 0.3 is 5.97 Å². The van der Waals surface area contributed by atoms with Crippen LogP contribution in [0.15, 0.2) is 12.1 Å². The summed E-state index contributed by atoms with van der Waals surface area (Å²) >= 11 is 0. The van der Waals surface area contributed by atoms with Gasteiger partial charge in [-0.15, -0.1) is 0 Å². The number of rotatable bonds is 5. The highest BCUT2D eigenvalue weighted by atomic mass is 16.6. The van der Waals surface area contributed by atoms with E-state index in [9.17, 15) is 19.7 Å². The smallest absolute Gasteiger partial charge is 0.309 e. The second-order valence-electron chi connectivity index (χ2n) is 5.62. The van der Waals surface area contributed by atoms with Crippen molar-refractivity contribution in [2.45, 2.75) is 34.1 Å². The second kappa shape index (κ2) is 5.90. The Morgan fingerprint density at radius 2 is 1.81 bits per heavy atom. The van der Waals surface area contributed by atoms with Crippen molar-refractivity contribution in [3.05, 3.63) is 33.4 Å². The zero-order valence-corrected chi connectivity index (χ0v) is 12.4. The summed E-state index contributed by atoms with van der Waals surface area (Å²) in [5.41, 5.74) is 0.173. The van der Waals surface area contributed by atoms with E-state index in [2.05, 4.69) is 5.32 Å². The average molecular weight is 294 g/mol. The first-order valence-electron chi connectivity index (χ1n) is 6.33. The highest BCUT2D eigenvalue weighted by Gasteiger charge is 2.31. The third kappa shape index (κ3) is 4.01. The van der Waals surface area contributed by atoms with Crippen molar-refractivity contribution in [1.29, 1.82) is 0 Å². The molecule has 21 heavy (non-hydrogen) atoms. The SMILES string of the molecule is Cc1cc(NC(=O)CC(C)(C)C(=O)O)c([N+](=O)[O-])cc1C. The molecule has 0 aliphatic rings. The van der Waals surface area contributed by atoms with Gasteiger partial charge in [-0.3, -0.25) is 19.7 Å². The minimum absolute atomic E-state index is 0.0780. The monoisotopic (exact) mass is 294 g/mol. The predicted octanol–water partition coefficient (Wildman–Crippen LogP) is 2.65. The third-order valence-corrected chi connectivity index (χ3v) is 3.26. The number of benzene rings is 1. The second-order valence-corrected chi connectivity index (χ2v) is 5.62. The first kappa shape index (κ1) is 16.6. The van der Waals surface area contributed by atoms with Crippen LogP contribution < -0.4 is 5.32 Å². The Morgan fingerprint density at radius 3 is 2.29 bits per heavy atom. The fourth-order valence-electron chi connectivity index (χ4n) is 1.72. The maximum absolute atomic E-state index is 11.9. The molecule has 2 N–H and O–H groups in total. The minimum atomic E-state index is -1.24. The van der Waals surface area contributed by atoms with Crippen LogP contribution in [0.25, 0.3) is 0 Å². The van der Waals surface area contributed by atoms with E-state index in [1.54, 1.807) is 13.8 Å². The lowest BCUT2D eigenvalue weighted by atomic mass is 9.89. The fraction of sp³-hybridized carbons (Fsp3) is 0.429. The molecule has 1 aromatic carbocycles. The maximum atomic E-state index is 11.9. The molecule has 1 rings (SSSR count). The molecule has 0 heterocycles. The van der Waals surface area contributed by atoms with Gasteiger partial charge in [-0.05, 0) is 44.9 Å². The molecule has 0 radical (unpaired) electrons. The van der Waals surface area contributed by atoms with E-state index in [-0.39, 0.29) is 17.8 Å². The summed E-state index contributed by atoms with van der Waals surface area (Å²) in [7, 11) is 0. The molecular formula is C14H18N2O5. The lowest BCUT2D eigenvalue weighted by Gasteiger charge is -2.18. The highest BCUT2D eigenvalue weighted by molar-refractivity contribution is 5.96. The van der Waals surface area contributed by atoms with Crippen LogP contribution in [-0.2, 0) is 9.59 Å². The average Bonchev–Trinajstić information content (AvgIpc) is 2.32. The zero-order valence-electron chi connectivity index (χ0n) is 12.4. The third-order valence-electron chi connectivity index (χ3n) is 3.26. The van der Waals surface area contributed by atoms with Crippen LogP contribution in [0.1, 0.15) is 31.4 Å². The van der Waals surface area contributed by atoms with Gasteiger partial charge in [-0.1, -0.05) is 0 Å². The topological polar surface area (TPSA) is 110 Å². The van der Waals surface area contributed by atoms with E-state index in [0.29, 0.717) is 0 Å². The number of anilines is 1. The number of nitro groups is 1. The standard InChI is InChI=1S/C14H18N2O5/c1-8-5-10(11(16(20)21)6-9(8)2)15-12(17)7-14(3,4)13(18)19/h5-6H,7H2,1-4H3,(H,15,17)(H,18,19). The predicted molar refractivity (Wildman–Crippen MR) is 77.2 cm³/mol. The van der Waals surface area contributed by atoms with Gasteiger partial charge in [0.25, 0.3) is 5.69 Å². The number of aliphatic carboxylic acids is 1. The molecule has 0 fully saturated rings. The van der Waals surface area contributed by atoms with Crippen LogP contribution in [0.2, 0.25) is 0 Å². The molecule has 0 aromatic heterocycles. The Balaban J connectivity index is 3.03. The van der Waals surface area contributed by atoms with Gasteiger partial charge in [-0.2, -0.15) is 0 Å². The summed E-state index contributed by atoms with van der Waals surface area (Å²) in [5, 5.41) is 22.4. The van der Waals surface area contributed by atoms with Crippen molar-refractivity contribution in [1.82, 2.24) is 0 Å². The minimum Gasteiger partial charge on any atom is -0.481 e. The van der Waals surface area contributed by atoms with Crippen molar-refractivity contribution in [2.75, 3.05) is 5.32 Å². The van der Waals surface area contributed by atoms with Crippen LogP contribution in [0.3, 0.4) is 0 Å². The zero-order chi connectivity index (χ0) is 16.4. The number of aryl methyl sites for hydroxylation is 2. The normalized spacial score (nSPS) is 11.0. The summed E-state index contributed by atoms with van der Waals surface area (Å²) in [6, 6.07) is 2.90. The highest BCUT2D eigenvalue weighted by Crippen LogP contribution is 2.29. The molecule has 0 atom stereocenters. The molecule has 0 saturated heterocycles. The van der Waals surface area contributed by atoms with Gasteiger partial charge in [0.15, 0.2) is 0 Å². The van der Waals surface area contributed by atoms with Crippen molar-refractivity contribution in [2.24, 2.45) is 5.41 Å². The lowest BCUT2D eigenvalue weighted by molar-refractivity contribution is -0.384. The van der Waals surface area contributed by atoms with Crippen molar-refractivity contribution < 1.29 is 19.6 Å². The van der Waals surface area contributed by atoms with Crippen LogP contribution in [0.5, 0.6) is 0 Å². The number of carboxylic acids is 1. The van der Waals surface area contributed by atoms with Gasteiger partial charge in [0.05, 0.1) is 10.3 Å². The largest absolute Gasteiger partial charge is 0.481 e. The molecule has 7 heteroatoms. The molecule has 0 aliphatic heterocycles. The summed E-state index contributed by atoms with van der Waals surface area (Å²) in [5.74, 6) is -1.68. The van der Waals surface area contributed by atoms with E-state index in [0.717, 1.165) is 11.1 Å². The first-order valence-corrected chi connectivity index (χ1v) is 6.33. The number of hydrogen-bond donors (Lipinski definition) is 2. The summed E-state index contributed by atoms with van der Waals surface area (Å²) in [6.45, 7) is 6.35. The molecule has 7 nitrogen and oxygen atoms in total. The number of carbonyl (C=O) groups is 2. The Kier molecular flexibility index (Phi) is 4.67. The van der Waals surface area contributed by atoms with Crippen LogP contribution in [0.4, 0.5) is 11.4 Å². The van der Waals surface area contributed by atoms with E-state index in [1.807, 2.05) is 0 Å². The van der Waals surface area contributed by atoms with Crippen molar-refractivity contribution in [3.8, 4) is 0 Å². The molecular weight excluding hydrogens is 276 g/mol. The van der Waals surface area contributed by atoms with Gasteiger partial charge in [0, 0.05) is 12.5 Å². The summed E-state index contributed by atoms with van der Waals surface area (Å²) < 4.78 is 0. The number of carbonyl (C=O) groups excluding carboxylic acids is 1. The van der Waals surface area contributed by atoms with E-state index < -0.39 is 22.2 Å². The van der Waals surface area contributed by atoms with E-state index in [4.69, 9.17) is 5.11 Å². The molecule has 1 aromatic rings. The number of nitrogens with zero attached hydrogens (tertiary/aromatic N) is 1. The first-order chi connectivity index (χ1) is 9.54. The van der Waals surface area contributed by atoms with Crippen molar-refractivity contribution in [3.63, 3.8) is 0 Å². The maximum Gasteiger partial charge on any atom is 0.309 e. The van der Waals surface area contributed by atoms with Crippen LogP contribution >= 0.6 is 0 Å². The number of carboxylic acid groups (broad SMARTS) is 1. The van der Waals surface area contributed by atoms with Gasteiger partial charge < -0.3 is 10.4 Å². The number of hydrogen-bond acceptors (Lipinski definition) is 4. The van der Waals surface area contributed by atoms with Gasteiger partial charge in [0.2, 0.25) is 5.91 Å². The van der Waals surface area contributed by atoms with Gasteiger partial charge in [0.1, 0.15) is 5.69 Å². The number of amides is 1. The number of nitro benzene ring substituents is 1. The Bertz CT molecular complexity index is 608. The number of nitrogens with one attached hydrogen (secondary N) is 1. The lowest BCUT2D eigenvalue weighted by Crippen LogP contribution is -2.29. The molecule has 0 spiro atoms. The molecule has 1 amide bonds. The molecule has 114 valence electrons. The Hall–Kier alpha value is -2.44. The quantitative estimate of drug-likeness (QED) is 0.640. The molecule has 0 aliphatic carbocycles. The molecule has 0 saturated carbocycles. The molecule has 0 bridgehead atoms. The molecule has 0 unspecified atom stereocenters. The van der Waals surface area contributed by atoms with Crippen LogP contribution in [-0.4, -0.2) is 21.9 Å². The summed E-state index contributed by atoms with van der Waals surface area (Å²) in [6.07, 6.45) is -0.271. The van der Waals surface area contributed by atoms with Gasteiger partial charge in [-0.25, -0.2) is 0 Å². The summed E-state index contributed by atoms with van der Waals surface area (Å²) in [4.78, 5) is 33.3. The van der Waals surface area contributed by atoms with E-state index in [1.165, 1.54) is 26.0 Å². The van der Waals surface area contributed by atoms with Crippen molar-refractivity contribution >= 4 is 23.3 Å². The Morgan fingerprint density at radius 1 is 1.29 bits per heavy atom. The van der Waals surface area contributed by atoms with E-state index >= 15 is 0 Å². The van der Waals surface area contributed by atoms with Crippen LogP contribution in [0, 0.1) is 29.4 Å².